The van der Waals surface area contributed by atoms with Gasteiger partial charge in [0.25, 0.3) is 0 Å². The minimum Gasteiger partial charge on any atom is -0.354 e. The fourth-order valence-corrected chi connectivity index (χ4v) is 0.767. The van der Waals surface area contributed by atoms with Crippen LogP contribution in [0.4, 0.5) is 0 Å². The van der Waals surface area contributed by atoms with Crippen LogP contribution in [-0.2, 0) is 4.79 Å². The second kappa shape index (κ2) is 5.27. The lowest BCUT2D eigenvalue weighted by Crippen LogP contribution is -2.21. The Bertz CT molecular complexity index is 101. The smallest absolute Gasteiger partial charge is 0.220 e. The molecule has 0 aliphatic carbocycles. The van der Waals surface area contributed by atoms with E-state index in [9.17, 15) is 4.79 Å². The summed E-state index contributed by atoms with van der Waals surface area (Å²) in [5.41, 5.74) is 0. The average Bonchev–Trinajstić information content (AvgIpc) is 2.17. The first kappa shape index (κ1) is 9.47. The van der Waals surface area contributed by atoms with E-state index in [2.05, 4.69) is 19.2 Å². The van der Waals surface area contributed by atoms with E-state index in [0.717, 1.165) is 12.8 Å². The fraction of sp³-hybridized carbons (Fsp3) is 0.875. The van der Waals surface area contributed by atoms with Crippen LogP contribution in [0.3, 0.4) is 0 Å². The quantitative estimate of drug-likeness (QED) is 0.549. The van der Waals surface area contributed by atoms with Crippen molar-refractivity contribution in [1.29, 1.82) is 0 Å². The molecule has 1 atom stereocenters. The summed E-state index contributed by atoms with van der Waals surface area (Å²) >= 11 is 0. The molecule has 1 saturated heterocycles. The van der Waals surface area contributed by atoms with Crippen LogP contribution in [0.1, 0.15) is 40.0 Å². The molecule has 60 valence electrons. The largest absolute Gasteiger partial charge is 0.354 e. The third-order valence-electron chi connectivity index (χ3n) is 1.21. The van der Waals surface area contributed by atoms with Crippen molar-refractivity contribution >= 4 is 5.91 Å². The van der Waals surface area contributed by atoms with Gasteiger partial charge in [-0.1, -0.05) is 20.3 Å². The summed E-state index contributed by atoms with van der Waals surface area (Å²) < 4.78 is 0. The van der Waals surface area contributed by atoms with Crippen LogP contribution < -0.4 is 5.32 Å². The number of nitrogens with one attached hydrogen (secondary N) is 1. The van der Waals surface area contributed by atoms with Crippen molar-refractivity contribution in [3.8, 4) is 0 Å². The van der Waals surface area contributed by atoms with Crippen molar-refractivity contribution in [2.24, 2.45) is 0 Å². The molecule has 0 saturated carbocycles. The standard InChI is InChI=1S/C5H9NO.C3H8/c1-4-2-3-5(7)6-4;1-3-2/h4H,2-3H2,1H3,(H,6,7);3H2,1-2H3/t4-;/m0./s1. The Hall–Kier alpha value is -0.530. The first-order chi connectivity index (χ1) is 4.70. The van der Waals surface area contributed by atoms with Gasteiger partial charge < -0.3 is 5.32 Å². The highest BCUT2D eigenvalue weighted by molar-refractivity contribution is 5.78. The summed E-state index contributed by atoms with van der Waals surface area (Å²) in [6.45, 7) is 6.27. The molecule has 0 aromatic heterocycles. The third kappa shape index (κ3) is 4.36. The number of hydrogen-bond donors (Lipinski definition) is 1. The molecular formula is C8H17NO. The second-order valence-electron chi connectivity index (χ2n) is 2.71. The van der Waals surface area contributed by atoms with E-state index in [1.807, 2.05) is 6.92 Å². The molecule has 0 aromatic carbocycles. The summed E-state index contributed by atoms with van der Waals surface area (Å²) in [5.74, 6) is 0.201. The lowest BCUT2D eigenvalue weighted by atomic mass is 10.3. The molecule has 0 bridgehead atoms. The Morgan fingerprint density at radius 1 is 1.60 bits per heavy atom. The molecule has 1 aliphatic rings. The Balaban J connectivity index is 0.000000236. The lowest BCUT2D eigenvalue weighted by molar-refractivity contribution is -0.119. The van der Waals surface area contributed by atoms with Gasteiger partial charge in [-0.15, -0.1) is 0 Å². The van der Waals surface area contributed by atoms with E-state index in [0.29, 0.717) is 6.04 Å². The average molecular weight is 143 g/mol. The number of amides is 1. The van der Waals surface area contributed by atoms with Crippen molar-refractivity contribution in [2.45, 2.75) is 46.1 Å². The molecule has 1 N–H and O–H groups in total. The summed E-state index contributed by atoms with van der Waals surface area (Å²) in [4.78, 5) is 10.3. The van der Waals surface area contributed by atoms with Gasteiger partial charge in [0.2, 0.25) is 5.91 Å². The minimum absolute atomic E-state index is 0.201. The maximum absolute atomic E-state index is 10.3. The van der Waals surface area contributed by atoms with Gasteiger partial charge in [0.1, 0.15) is 0 Å². The Morgan fingerprint density at radius 3 is 2.20 bits per heavy atom. The van der Waals surface area contributed by atoms with Gasteiger partial charge in [-0.25, -0.2) is 0 Å². The summed E-state index contributed by atoms with van der Waals surface area (Å²) in [5, 5.41) is 2.78. The SMILES string of the molecule is CCC.C[C@H]1CCC(=O)N1. The molecular weight excluding hydrogens is 126 g/mol. The molecule has 1 aliphatic heterocycles. The zero-order chi connectivity index (χ0) is 7.98. The van der Waals surface area contributed by atoms with Crippen LogP contribution >= 0.6 is 0 Å². The first-order valence-electron chi connectivity index (χ1n) is 4.00. The topological polar surface area (TPSA) is 29.1 Å². The van der Waals surface area contributed by atoms with Gasteiger partial charge in [-0.05, 0) is 13.3 Å². The zero-order valence-corrected chi connectivity index (χ0v) is 7.11. The monoisotopic (exact) mass is 143 g/mol. The van der Waals surface area contributed by atoms with Crippen LogP contribution in [-0.4, -0.2) is 11.9 Å². The van der Waals surface area contributed by atoms with Crippen LogP contribution in [0.25, 0.3) is 0 Å². The van der Waals surface area contributed by atoms with Gasteiger partial charge in [-0.2, -0.15) is 0 Å². The maximum Gasteiger partial charge on any atom is 0.220 e. The molecule has 1 fully saturated rings. The van der Waals surface area contributed by atoms with E-state index >= 15 is 0 Å². The van der Waals surface area contributed by atoms with Crippen molar-refractivity contribution in [3.05, 3.63) is 0 Å². The highest BCUT2D eigenvalue weighted by Crippen LogP contribution is 2.03. The zero-order valence-electron chi connectivity index (χ0n) is 7.11. The number of hydrogen-bond acceptors (Lipinski definition) is 1. The van der Waals surface area contributed by atoms with Gasteiger partial charge in [0.05, 0.1) is 0 Å². The normalized spacial score (nSPS) is 23.1. The van der Waals surface area contributed by atoms with E-state index in [1.165, 1.54) is 6.42 Å². The number of rotatable bonds is 0. The van der Waals surface area contributed by atoms with E-state index < -0.39 is 0 Å². The molecule has 2 heteroatoms. The molecule has 1 amide bonds. The molecule has 10 heavy (non-hydrogen) atoms. The van der Waals surface area contributed by atoms with E-state index in [-0.39, 0.29) is 5.91 Å². The lowest BCUT2D eigenvalue weighted by Gasteiger charge is -1.95. The fourth-order valence-electron chi connectivity index (χ4n) is 0.767. The van der Waals surface area contributed by atoms with Gasteiger partial charge >= 0.3 is 0 Å². The number of carbonyl (C=O) groups excluding carboxylic acids is 1. The molecule has 1 heterocycles. The molecule has 0 aromatic rings. The number of carbonyl (C=O) groups is 1. The predicted octanol–water partition coefficient (Wildman–Crippen LogP) is 1.70. The summed E-state index contributed by atoms with van der Waals surface area (Å²) in [6.07, 6.45) is 2.99. The molecule has 0 spiro atoms. The molecule has 0 radical (unpaired) electrons. The van der Waals surface area contributed by atoms with Crippen LogP contribution in [0, 0.1) is 0 Å². The van der Waals surface area contributed by atoms with Crippen LogP contribution in [0.15, 0.2) is 0 Å². The Labute approximate surface area is 63.0 Å². The van der Waals surface area contributed by atoms with Gasteiger partial charge in [0.15, 0.2) is 0 Å². The van der Waals surface area contributed by atoms with Crippen molar-refractivity contribution < 1.29 is 4.79 Å². The van der Waals surface area contributed by atoms with E-state index in [1.54, 1.807) is 0 Å². The summed E-state index contributed by atoms with van der Waals surface area (Å²) in [7, 11) is 0. The molecule has 0 unspecified atom stereocenters. The second-order valence-corrected chi connectivity index (χ2v) is 2.71. The Kier molecular flexibility index (Phi) is 4.99. The Morgan fingerprint density at radius 2 is 2.10 bits per heavy atom. The first-order valence-corrected chi connectivity index (χ1v) is 4.00. The third-order valence-corrected chi connectivity index (χ3v) is 1.21. The molecule has 1 rings (SSSR count). The summed E-state index contributed by atoms with van der Waals surface area (Å²) in [6, 6.07) is 0.424. The highest BCUT2D eigenvalue weighted by atomic mass is 16.1. The van der Waals surface area contributed by atoms with Crippen molar-refractivity contribution in [3.63, 3.8) is 0 Å². The van der Waals surface area contributed by atoms with Crippen molar-refractivity contribution in [1.82, 2.24) is 5.32 Å². The maximum atomic E-state index is 10.3. The van der Waals surface area contributed by atoms with Crippen LogP contribution in [0.5, 0.6) is 0 Å². The van der Waals surface area contributed by atoms with Crippen LogP contribution in [0.2, 0.25) is 0 Å². The molecule has 2 nitrogen and oxygen atoms in total. The van der Waals surface area contributed by atoms with Crippen molar-refractivity contribution in [2.75, 3.05) is 0 Å². The highest BCUT2D eigenvalue weighted by Gasteiger charge is 2.14. The van der Waals surface area contributed by atoms with E-state index in [4.69, 9.17) is 0 Å². The van der Waals surface area contributed by atoms with Gasteiger partial charge in [0, 0.05) is 12.5 Å². The minimum atomic E-state index is 0.201. The predicted molar refractivity (Wildman–Crippen MR) is 42.8 cm³/mol. The van der Waals surface area contributed by atoms with Gasteiger partial charge in [-0.3, -0.25) is 4.79 Å².